The standard InChI is InChI=1S/C59H62F6N14O6/c1-31(37-19-39(58(60,61)62)23-41(66)21-37)70-54-45-17-35(9-13-47(45)72-33(3)74-54)25-68-43-11-15-49(78(27-43)29-51(80)76(5)6)53(82)57(84)85-56(83)50-16-12-44(28-79(50)30-52(81)77(7)8)69-26-36-10-14-48-46(18-36)55(75-34(4)73-48)71-32(2)38-20-40(59(63,64)65)24-42(67)22-38/h9-24,27-28,31-32,49-50,68-69H,25-26,29-30,66-67H2,1-8H3,(H,70,72,74)(H,71,73,75)/t31-,32-,49-,50-/m1/s1. The number of carbonyl (C=O) groups is 5. The fraction of sp³-hybridized carbons (Fsp3) is 0.305. The molecule has 2 aliphatic heterocycles. The van der Waals surface area contributed by atoms with E-state index < -0.39 is 77.2 Å². The molecule has 0 radical (unpaired) electrons. The number of nitrogen functional groups attached to an aromatic ring is 2. The Bertz CT molecular complexity index is 3730. The third kappa shape index (κ3) is 15.1. The number of ketones is 1. The van der Waals surface area contributed by atoms with Crippen molar-refractivity contribution >= 4 is 74.4 Å². The maximum Gasteiger partial charge on any atom is 0.416 e. The zero-order valence-electron chi connectivity index (χ0n) is 47.5. The number of hydrogen-bond acceptors (Lipinski definition) is 18. The molecule has 0 aliphatic carbocycles. The fourth-order valence-electron chi connectivity index (χ4n) is 9.27. The first kappa shape index (κ1) is 61.3. The minimum Gasteiger partial charge on any atom is -0.399 e. The number of aryl methyl sites for hydroxylation is 2. The van der Waals surface area contributed by atoms with Gasteiger partial charge in [-0.3, -0.25) is 14.4 Å². The molecule has 8 N–H and O–H groups in total. The van der Waals surface area contributed by atoms with Crippen LogP contribution in [0.3, 0.4) is 0 Å². The molecule has 4 heterocycles. The molecule has 0 fully saturated rings. The number of alkyl halides is 6. The molecule has 4 atom stereocenters. The summed E-state index contributed by atoms with van der Waals surface area (Å²) in [6.07, 6.45) is -0.398. The van der Waals surface area contributed by atoms with E-state index in [1.165, 1.54) is 90.6 Å². The van der Waals surface area contributed by atoms with Crippen LogP contribution in [-0.4, -0.2) is 122 Å². The molecule has 2 aromatic heterocycles. The first-order valence-corrected chi connectivity index (χ1v) is 26.5. The van der Waals surface area contributed by atoms with E-state index in [0.29, 0.717) is 67.6 Å². The number of ether oxygens (including phenoxy) is 1. The molecule has 0 unspecified atom stereocenters. The van der Waals surface area contributed by atoms with E-state index >= 15 is 0 Å². The summed E-state index contributed by atoms with van der Waals surface area (Å²) >= 11 is 0. The second kappa shape index (κ2) is 25.0. The fourth-order valence-corrected chi connectivity index (χ4v) is 9.27. The second-order valence-electron chi connectivity index (χ2n) is 20.9. The number of nitrogens with one attached hydrogen (secondary N) is 4. The van der Waals surface area contributed by atoms with E-state index in [1.54, 1.807) is 52.0 Å². The number of likely N-dealkylation sites (N-methyl/N-ethyl adjacent to an activating group) is 2. The van der Waals surface area contributed by atoms with Crippen molar-refractivity contribution in [3.05, 3.63) is 166 Å². The zero-order chi connectivity index (χ0) is 61.8. The Morgan fingerprint density at radius 3 is 1.42 bits per heavy atom. The Morgan fingerprint density at radius 1 is 0.600 bits per heavy atom. The lowest BCUT2D eigenvalue weighted by Gasteiger charge is -2.32. The summed E-state index contributed by atoms with van der Waals surface area (Å²) in [4.78, 5) is 91.2. The van der Waals surface area contributed by atoms with Crippen LogP contribution in [0.15, 0.2) is 121 Å². The zero-order valence-corrected chi connectivity index (χ0v) is 47.5. The molecule has 2 aliphatic rings. The predicted octanol–water partition coefficient (Wildman–Crippen LogP) is 7.60. The molecule has 0 saturated heterocycles. The smallest absolute Gasteiger partial charge is 0.399 e. The number of allylic oxidation sites excluding steroid dienone is 2. The number of anilines is 4. The predicted molar refractivity (Wildman–Crippen MR) is 307 cm³/mol. The number of hydrogen-bond donors (Lipinski definition) is 6. The lowest BCUT2D eigenvalue weighted by atomic mass is 10.0. The van der Waals surface area contributed by atoms with Gasteiger partial charge in [-0.05, 0) is 129 Å². The topological polar surface area (TPSA) is 259 Å². The molecular formula is C59H62F6N14O6. The highest BCUT2D eigenvalue weighted by Gasteiger charge is 2.37. The van der Waals surface area contributed by atoms with Gasteiger partial charge in [0.25, 0.3) is 5.78 Å². The molecule has 0 bridgehead atoms. The number of carbonyl (C=O) groups excluding carboxylic acids is 5. The third-order valence-corrected chi connectivity index (χ3v) is 13.8. The number of aromatic nitrogens is 4. The Balaban J connectivity index is 0.936. The monoisotopic (exact) mass is 1180 g/mol. The highest BCUT2D eigenvalue weighted by molar-refractivity contribution is 6.38. The number of fused-ring (bicyclic) bond motifs is 2. The van der Waals surface area contributed by atoms with Crippen molar-refractivity contribution in [1.29, 1.82) is 0 Å². The van der Waals surface area contributed by atoms with E-state index in [2.05, 4.69) is 41.2 Å². The van der Waals surface area contributed by atoms with Crippen molar-refractivity contribution in [2.24, 2.45) is 0 Å². The number of rotatable bonds is 19. The number of esters is 2. The van der Waals surface area contributed by atoms with Crippen molar-refractivity contribution in [3.8, 4) is 0 Å². The van der Waals surface area contributed by atoms with Crippen molar-refractivity contribution in [3.63, 3.8) is 0 Å². The lowest BCUT2D eigenvalue weighted by molar-refractivity contribution is -0.167. The third-order valence-electron chi connectivity index (χ3n) is 13.8. The van der Waals surface area contributed by atoms with E-state index in [0.717, 1.165) is 35.4 Å². The van der Waals surface area contributed by atoms with Gasteiger partial charge >= 0.3 is 24.3 Å². The van der Waals surface area contributed by atoms with Gasteiger partial charge in [-0.15, -0.1) is 0 Å². The molecule has 4 aromatic carbocycles. The van der Waals surface area contributed by atoms with Crippen molar-refractivity contribution in [1.82, 2.24) is 50.2 Å². The van der Waals surface area contributed by atoms with Crippen LogP contribution in [0.5, 0.6) is 0 Å². The molecule has 446 valence electrons. The average Bonchev–Trinajstić information content (AvgIpc) is 3.39. The van der Waals surface area contributed by atoms with Gasteiger partial charge in [-0.1, -0.05) is 18.2 Å². The van der Waals surface area contributed by atoms with Gasteiger partial charge in [-0.2, -0.15) is 26.3 Å². The average molecular weight is 1180 g/mol. The van der Waals surface area contributed by atoms with Gasteiger partial charge in [-0.25, -0.2) is 29.5 Å². The summed E-state index contributed by atoms with van der Waals surface area (Å²) in [5, 5.41) is 14.1. The van der Waals surface area contributed by atoms with Crippen LogP contribution in [0.4, 0.5) is 49.4 Å². The van der Waals surface area contributed by atoms with Crippen LogP contribution in [-0.2, 0) is 54.2 Å². The highest BCUT2D eigenvalue weighted by atomic mass is 19.4. The lowest BCUT2D eigenvalue weighted by Crippen LogP contribution is -2.49. The van der Waals surface area contributed by atoms with Crippen LogP contribution in [0.25, 0.3) is 21.8 Å². The normalized spacial score (nSPS) is 15.8. The SMILES string of the molecule is Cc1nc(N[C@H](C)c2cc(N)cc(C(F)(F)F)c2)c2cc(CNC3=CN(CC(=O)N(C)C)[C@@H](C(=O)OC(=O)C(=O)[C@H]4C=CC(NCc5ccc6nc(C)nc(N[C@H](C)c7cc(N)cc(C(F)(F)F)c7)c6c5)=CN4CC(=O)N(C)C)C=C3)ccc2n1. The van der Waals surface area contributed by atoms with Crippen molar-refractivity contribution in [2.45, 2.75) is 77.3 Å². The van der Waals surface area contributed by atoms with E-state index in [9.17, 15) is 50.3 Å². The second-order valence-corrected chi connectivity index (χ2v) is 20.9. The summed E-state index contributed by atoms with van der Waals surface area (Å²) in [6.45, 7) is 6.40. The summed E-state index contributed by atoms with van der Waals surface area (Å²) in [7, 11) is 6.08. The minimum absolute atomic E-state index is 0.0458. The van der Waals surface area contributed by atoms with Gasteiger partial charge in [0.15, 0.2) is 0 Å². The van der Waals surface area contributed by atoms with E-state index in [-0.39, 0.29) is 37.6 Å². The number of nitrogens with zero attached hydrogens (tertiary/aromatic N) is 8. The Labute approximate surface area is 484 Å². The molecule has 2 amide bonds. The number of Topliss-reactive ketones (excluding diaryl/α,β-unsaturated/α-hetero) is 1. The summed E-state index contributed by atoms with van der Waals surface area (Å²) in [5.41, 5.74) is 13.9. The van der Waals surface area contributed by atoms with E-state index in [1.807, 2.05) is 18.2 Å². The number of halogens is 6. The van der Waals surface area contributed by atoms with Gasteiger partial charge in [0.1, 0.15) is 35.4 Å². The van der Waals surface area contributed by atoms with Gasteiger partial charge < -0.3 is 57.1 Å². The Morgan fingerprint density at radius 2 is 1.01 bits per heavy atom. The summed E-state index contributed by atoms with van der Waals surface area (Å²) in [6, 6.07) is 13.4. The van der Waals surface area contributed by atoms with Gasteiger partial charge in [0, 0.05) is 75.8 Å². The molecule has 85 heavy (non-hydrogen) atoms. The van der Waals surface area contributed by atoms with Crippen LogP contribution >= 0.6 is 0 Å². The summed E-state index contributed by atoms with van der Waals surface area (Å²) < 4.78 is 87.2. The Kier molecular flexibility index (Phi) is 18.0. The maximum atomic E-state index is 14.0. The van der Waals surface area contributed by atoms with Gasteiger partial charge in [0.05, 0.1) is 58.7 Å². The van der Waals surface area contributed by atoms with Crippen LogP contribution in [0.2, 0.25) is 0 Å². The summed E-state index contributed by atoms with van der Waals surface area (Å²) in [5.74, 6) is -3.13. The molecule has 0 saturated carbocycles. The quantitative estimate of drug-likeness (QED) is 0.0150. The highest BCUT2D eigenvalue weighted by Crippen LogP contribution is 2.36. The molecule has 8 rings (SSSR count). The molecule has 20 nitrogen and oxygen atoms in total. The van der Waals surface area contributed by atoms with Crippen LogP contribution in [0.1, 0.15) is 71.0 Å². The minimum atomic E-state index is -4.60. The van der Waals surface area contributed by atoms with Crippen molar-refractivity contribution in [2.75, 3.05) is 63.4 Å². The number of benzene rings is 4. The van der Waals surface area contributed by atoms with E-state index in [4.69, 9.17) is 16.2 Å². The van der Waals surface area contributed by atoms with Crippen molar-refractivity contribution < 1.29 is 55.1 Å². The maximum absolute atomic E-state index is 14.0. The molecule has 26 heteroatoms. The van der Waals surface area contributed by atoms with Crippen LogP contribution < -0.4 is 32.7 Å². The molecule has 6 aromatic rings. The number of nitrogens with two attached hydrogens (primary N) is 2. The first-order chi connectivity index (χ1) is 40.0. The molecular weight excluding hydrogens is 1110 g/mol. The number of amides is 2. The molecule has 0 spiro atoms. The van der Waals surface area contributed by atoms with Gasteiger partial charge in [0.2, 0.25) is 11.8 Å². The first-order valence-electron chi connectivity index (χ1n) is 26.5. The van der Waals surface area contributed by atoms with Crippen LogP contribution in [0, 0.1) is 13.8 Å². The Hall–Kier alpha value is -9.75. The largest absolute Gasteiger partial charge is 0.416 e.